The molecule has 112 valence electrons. The second kappa shape index (κ2) is 7.64. The average molecular weight is 387 g/mol. The van der Waals surface area contributed by atoms with Gasteiger partial charge in [-0.1, -0.05) is 64.3 Å². The van der Waals surface area contributed by atoms with E-state index in [0.29, 0.717) is 5.02 Å². The summed E-state index contributed by atoms with van der Waals surface area (Å²) in [6.45, 7) is 5.15. The van der Waals surface area contributed by atoms with Gasteiger partial charge >= 0.3 is 0 Å². The van der Waals surface area contributed by atoms with Crippen molar-refractivity contribution < 1.29 is 0 Å². The smallest absolute Gasteiger partial charge is 0.0603 e. The first-order chi connectivity index (χ1) is 10.0. The molecule has 2 aromatic rings. The molecule has 21 heavy (non-hydrogen) atoms. The molecule has 0 amide bonds. The standard InChI is InChI=1S/C17H18BrCl2N/c1-3-9-21-17(13-6-4-5-11(2)16(13)18)14-10-12(19)7-8-15(14)20/h4-8,10,17,21H,3,9H2,1-2H3. The molecule has 0 radical (unpaired) electrons. The van der Waals surface area contributed by atoms with Gasteiger partial charge < -0.3 is 5.32 Å². The van der Waals surface area contributed by atoms with Crippen molar-refractivity contribution in [3.8, 4) is 0 Å². The summed E-state index contributed by atoms with van der Waals surface area (Å²) in [6.07, 6.45) is 1.05. The predicted molar refractivity (Wildman–Crippen MR) is 95.5 cm³/mol. The Morgan fingerprint density at radius 1 is 1.14 bits per heavy atom. The number of halogens is 3. The third-order valence-electron chi connectivity index (χ3n) is 3.40. The van der Waals surface area contributed by atoms with Gasteiger partial charge in [-0.25, -0.2) is 0 Å². The molecule has 4 heteroatoms. The SMILES string of the molecule is CCCNC(c1cc(Cl)ccc1Cl)c1cccc(C)c1Br. The van der Waals surface area contributed by atoms with Gasteiger partial charge in [-0.2, -0.15) is 0 Å². The van der Waals surface area contributed by atoms with Crippen molar-refractivity contribution in [1.29, 1.82) is 0 Å². The van der Waals surface area contributed by atoms with E-state index >= 15 is 0 Å². The first kappa shape index (κ1) is 16.8. The summed E-state index contributed by atoms with van der Waals surface area (Å²) >= 11 is 16.3. The van der Waals surface area contributed by atoms with Crippen molar-refractivity contribution in [3.05, 3.63) is 67.6 Å². The minimum atomic E-state index is 0.0189. The Kier molecular flexibility index (Phi) is 6.12. The number of nitrogens with one attached hydrogen (secondary N) is 1. The number of benzene rings is 2. The maximum absolute atomic E-state index is 6.40. The van der Waals surface area contributed by atoms with Crippen molar-refractivity contribution in [3.63, 3.8) is 0 Å². The van der Waals surface area contributed by atoms with Gasteiger partial charge in [0, 0.05) is 14.5 Å². The van der Waals surface area contributed by atoms with E-state index in [1.807, 2.05) is 18.2 Å². The van der Waals surface area contributed by atoms with Crippen LogP contribution in [0.2, 0.25) is 10.0 Å². The summed E-state index contributed by atoms with van der Waals surface area (Å²) in [6, 6.07) is 11.9. The molecule has 0 bridgehead atoms. The zero-order valence-corrected chi connectivity index (χ0v) is 15.2. The highest BCUT2D eigenvalue weighted by Crippen LogP contribution is 2.35. The van der Waals surface area contributed by atoms with E-state index in [1.165, 1.54) is 11.1 Å². The lowest BCUT2D eigenvalue weighted by molar-refractivity contribution is 0.596. The molecule has 2 rings (SSSR count). The molecule has 0 aliphatic rings. The molecular formula is C17H18BrCl2N. The van der Waals surface area contributed by atoms with Crippen molar-refractivity contribution in [1.82, 2.24) is 5.32 Å². The van der Waals surface area contributed by atoms with E-state index in [4.69, 9.17) is 23.2 Å². The minimum absolute atomic E-state index is 0.0189. The van der Waals surface area contributed by atoms with E-state index in [0.717, 1.165) is 28.0 Å². The highest BCUT2D eigenvalue weighted by Gasteiger charge is 2.19. The van der Waals surface area contributed by atoms with Gasteiger partial charge in [-0.3, -0.25) is 0 Å². The highest BCUT2D eigenvalue weighted by molar-refractivity contribution is 9.10. The third kappa shape index (κ3) is 4.01. The van der Waals surface area contributed by atoms with Gasteiger partial charge in [-0.15, -0.1) is 0 Å². The van der Waals surface area contributed by atoms with Crippen molar-refractivity contribution in [2.24, 2.45) is 0 Å². The zero-order chi connectivity index (χ0) is 15.4. The minimum Gasteiger partial charge on any atom is -0.306 e. The second-order valence-electron chi connectivity index (χ2n) is 5.03. The van der Waals surface area contributed by atoms with Crippen LogP contribution >= 0.6 is 39.1 Å². The van der Waals surface area contributed by atoms with E-state index in [9.17, 15) is 0 Å². The number of hydrogen-bond acceptors (Lipinski definition) is 1. The van der Waals surface area contributed by atoms with E-state index in [-0.39, 0.29) is 6.04 Å². The lowest BCUT2D eigenvalue weighted by Gasteiger charge is -2.23. The Morgan fingerprint density at radius 3 is 2.62 bits per heavy atom. The van der Waals surface area contributed by atoms with E-state index < -0.39 is 0 Å². The maximum Gasteiger partial charge on any atom is 0.0603 e. The Hall–Kier alpha value is -0.540. The van der Waals surface area contributed by atoms with Crippen LogP contribution in [0.1, 0.15) is 36.1 Å². The van der Waals surface area contributed by atoms with Crippen LogP contribution in [0, 0.1) is 6.92 Å². The lowest BCUT2D eigenvalue weighted by Crippen LogP contribution is -2.24. The van der Waals surface area contributed by atoms with Crippen LogP contribution in [-0.2, 0) is 0 Å². The maximum atomic E-state index is 6.40. The molecule has 1 atom stereocenters. The molecule has 1 nitrogen and oxygen atoms in total. The van der Waals surface area contributed by atoms with Crippen molar-refractivity contribution in [2.75, 3.05) is 6.54 Å². The molecule has 0 saturated carbocycles. The monoisotopic (exact) mass is 385 g/mol. The van der Waals surface area contributed by atoms with E-state index in [2.05, 4.69) is 53.3 Å². The molecule has 0 aliphatic carbocycles. The Labute approximate surface area is 144 Å². The molecule has 0 aliphatic heterocycles. The van der Waals surface area contributed by atoms with Crippen molar-refractivity contribution in [2.45, 2.75) is 26.3 Å². The van der Waals surface area contributed by atoms with Crippen LogP contribution in [0.3, 0.4) is 0 Å². The Bertz CT molecular complexity index is 626. The van der Waals surface area contributed by atoms with Gasteiger partial charge in [0.1, 0.15) is 0 Å². The largest absolute Gasteiger partial charge is 0.306 e. The van der Waals surface area contributed by atoms with Crippen LogP contribution in [0.25, 0.3) is 0 Å². The molecule has 2 aromatic carbocycles. The van der Waals surface area contributed by atoms with Crippen LogP contribution in [0.5, 0.6) is 0 Å². The Morgan fingerprint density at radius 2 is 1.90 bits per heavy atom. The normalized spacial score (nSPS) is 12.4. The van der Waals surface area contributed by atoms with Gasteiger partial charge in [0.05, 0.1) is 6.04 Å². The molecule has 1 N–H and O–H groups in total. The van der Waals surface area contributed by atoms with Crippen LogP contribution < -0.4 is 5.32 Å². The third-order valence-corrected chi connectivity index (χ3v) is 5.06. The predicted octanol–water partition coefficient (Wildman–Crippen LogP) is 6.15. The van der Waals surface area contributed by atoms with E-state index in [1.54, 1.807) is 0 Å². The number of rotatable bonds is 5. The van der Waals surface area contributed by atoms with Gasteiger partial charge in [-0.05, 0) is 54.8 Å². The zero-order valence-electron chi connectivity index (χ0n) is 12.1. The molecule has 0 heterocycles. The first-order valence-electron chi connectivity index (χ1n) is 6.98. The van der Waals surface area contributed by atoms with Gasteiger partial charge in [0.25, 0.3) is 0 Å². The highest BCUT2D eigenvalue weighted by atomic mass is 79.9. The summed E-state index contributed by atoms with van der Waals surface area (Å²) in [5.41, 5.74) is 3.38. The molecule has 0 aromatic heterocycles. The summed E-state index contributed by atoms with van der Waals surface area (Å²) < 4.78 is 1.11. The molecule has 0 saturated heterocycles. The van der Waals surface area contributed by atoms with Gasteiger partial charge in [0.15, 0.2) is 0 Å². The summed E-state index contributed by atoms with van der Waals surface area (Å²) in [4.78, 5) is 0. The Balaban J connectivity index is 2.52. The molecule has 0 fully saturated rings. The summed E-state index contributed by atoms with van der Waals surface area (Å²) in [5.74, 6) is 0. The topological polar surface area (TPSA) is 12.0 Å². The van der Waals surface area contributed by atoms with Crippen LogP contribution in [0.15, 0.2) is 40.9 Å². The fourth-order valence-corrected chi connectivity index (χ4v) is 3.21. The molecule has 1 unspecified atom stereocenters. The molecule has 0 spiro atoms. The van der Waals surface area contributed by atoms with Gasteiger partial charge in [0.2, 0.25) is 0 Å². The fraction of sp³-hybridized carbons (Fsp3) is 0.294. The first-order valence-corrected chi connectivity index (χ1v) is 8.52. The molecular weight excluding hydrogens is 369 g/mol. The van der Waals surface area contributed by atoms with Crippen LogP contribution in [0.4, 0.5) is 0 Å². The second-order valence-corrected chi connectivity index (χ2v) is 6.67. The number of hydrogen-bond donors (Lipinski definition) is 1. The quantitative estimate of drug-likeness (QED) is 0.649. The van der Waals surface area contributed by atoms with Crippen molar-refractivity contribution >= 4 is 39.1 Å². The van der Waals surface area contributed by atoms with Crippen LogP contribution in [-0.4, -0.2) is 6.54 Å². The average Bonchev–Trinajstić information content (AvgIpc) is 2.47. The fourth-order valence-electron chi connectivity index (χ4n) is 2.31. The summed E-state index contributed by atoms with van der Waals surface area (Å²) in [5, 5.41) is 4.98. The summed E-state index contributed by atoms with van der Waals surface area (Å²) in [7, 11) is 0. The lowest BCUT2D eigenvalue weighted by atomic mass is 9.97. The number of aryl methyl sites for hydroxylation is 1.